The number of carboxylic acid groups (broad SMARTS) is 1. The smallest absolute Gasteiger partial charge is 0.409 e. The third-order valence-electron chi connectivity index (χ3n) is 2.26. The first-order chi connectivity index (χ1) is 8.18. The molecule has 0 rings (SSSR count). The zero-order chi connectivity index (χ0) is 15.6. The Balaban J connectivity index is 5.13. The molecule has 0 aliphatic heterocycles. The van der Waals surface area contributed by atoms with E-state index in [-0.39, 0.29) is 0 Å². The summed E-state index contributed by atoms with van der Waals surface area (Å²) < 4.78 is 43.2. The Kier molecular flexibility index (Phi) is 4.85. The van der Waals surface area contributed by atoms with E-state index < -0.39 is 35.3 Å². The largest absolute Gasteiger partial charge is 0.481 e. The number of carboxylic acids is 1. The normalized spacial score (nSPS) is 14.7. The van der Waals surface area contributed by atoms with E-state index in [0.29, 0.717) is 0 Å². The number of amides is 1. The van der Waals surface area contributed by atoms with E-state index in [1.54, 1.807) is 5.32 Å². The molecule has 112 valence electrons. The minimum Gasteiger partial charge on any atom is -0.481 e. The SMILES string of the molecule is CC(C)(C)OC(=O)N[C@H](C(F)(F)F)C(C)(C)C(=O)O. The van der Waals surface area contributed by atoms with Crippen LogP contribution in [0.5, 0.6) is 0 Å². The second-order valence-electron chi connectivity index (χ2n) is 5.65. The lowest BCUT2D eigenvalue weighted by atomic mass is 9.84. The second kappa shape index (κ2) is 5.26. The van der Waals surface area contributed by atoms with E-state index in [9.17, 15) is 22.8 Å². The number of carbonyl (C=O) groups is 2. The van der Waals surface area contributed by atoms with Crippen LogP contribution in [-0.2, 0) is 9.53 Å². The molecule has 0 unspecified atom stereocenters. The fourth-order valence-corrected chi connectivity index (χ4v) is 1.22. The fourth-order valence-electron chi connectivity index (χ4n) is 1.22. The van der Waals surface area contributed by atoms with Crippen molar-refractivity contribution in [2.24, 2.45) is 5.41 Å². The van der Waals surface area contributed by atoms with Gasteiger partial charge in [-0.3, -0.25) is 4.79 Å². The van der Waals surface area contributed by atoms with E-state index in [0.717, 1.165) is 13.8 Å². The zero-order valence-electron chi connectivity index (χ0n) is 11.4. The van der Waals surface area contributed by atoms with Gasteiger partial charge in [-0.25, -0.2) is 4.79 Å². The van der Waals surface area contributed by atoms with Crippen LogP contribution in [0.1, 0.15) is 34.6 Å². The standard InChI is InChI=1S/C11H18F3NO4/c1-9(2,3)19-8(18)15-6(11(12,13)14)10(4,5)7(16)17/h6H,1-5H3,(H,15,18)(H,16,17)/t6-/m0/s1. The number of halogens is 3. The van der Waals surface area contributed by atoms with E-state index in [2.05, 4.69) is 0 Å². The Labute approximate surface area is 109 Å². The third kappa shape index (κ3) is 5.35. The molecular weight excluding hydrogens is 267 g/mol. The first-order valence-corrected chi connectivity index (χ1v) is 5.47. The third-order valence-corrected chi connectivity index (χ3v) is 2.26. The number of aliphatic carboxylic acids is 1. The van der Waals surface area contributed by atoms with Crippen molar-refractivity contribution >= 4 is 12.1 Å². The van der Waals surface area contributed by atoms with E-state index >= 15 is 0 Å². The van der Waals surface area contributed by atoms with Crippen LogP contribution in [0.25, 0.3) is 0 Å². The summed E-state index contributed by atoms with van der Waals surface area (Å²) in [6.07, 6.45) is -6.22. The maximum atomic E-state index is 12.8. The summed E-state index contributed by atoms with van der Waals surface area (Å²) in [4.78, 5) is 22.2. The van der Waals surface area contributed by atoms with Gasteiger partial charge in [-0.1, -0.05) is 0 Å². The van der Waals surface area contributed by atoms with Crippen molar-refractivity contribution in [1.29, 1.82) is 0 Å². The average molecular weight is 285 g/mol. The molecule has 1 atom stereocenters. The number of ether oxygens (including phenoxy) is 1. The molecule has 0 spiro atoms. The lowest BCUT2D eigenvalue weighted by molar-refractivity contribution is -0.190. The Morgan fingerprint density at radius 3 is 1.79 bits per heavy atom. The monoisotopic (exact) mass is 285 g/mol. The summed E-state index contributed by atoms with van der Waals surface area (Å²) in [5.74, 6) is -1.68. The molecule has 0 aromatic carbocycles. The highest BCUT2D eigenvalue weighted by molar-refractivity contribution is 5.77. The van der Waals surface area contributed by atoms with Crippen LogP contribution in [-0.4, -0.2) is 35.0 Å². The summed E-state index contributed by atoms with van der Waals surface area (Å²) in [7, 11) is 0. The molecule has 0 fully saturated rings. The number of carbonyl (C=O) groups excluding carboxylic acids is 1. The van der Waals surface area contributed by atoms with E-state index in [1.165, 1.54) is 20.8 Å². The fraction of sp³-hybridized carbons (Fsp3) is 0.818. The van der Waals surface area contributed by atoms with Crippen molar-refractivity contribution in [3.8, 4) is 0 Å². The molecule has 0 saturated heterocycles. The number of nitrogens with one attached hydrogen (secondary N) is 1. The highest BCUT2D eigenvalue weighted by Crippen LogP contribution is 2.34. The first-order valence-electron chi connectivity index (χ1n) is 5.47. The first kappa shape index (κ1) is 17.5. The van der Waals surface area contributed by atoms with Gasteiger partial charge in [0, 0.05) is 0 Å². The molecule has 0 aliphatic carbocycles. The number of alkyl carbamates (subject to hydrolysis) is 1. The molecular formula is C11H18F3NO4. The average Bonchev–Trinajstić information content (AvgIpc) is 2.08. The van der Waals surface area contributed by atoms with E-state index in [1.807, 2.05) is 0 Å². The predicted molar refractivity (Wildman–Crippen MR) is 60.6 cm³/mol. The number of hydrogen-bond donors (Lipinski definition) is 2. The summed E-state index contributed by atoms with van der Waals surface area (Å²) in [5.41, 5.74) is -3.19. The van der Waals surface area contributed by atoms with Crippen LogP contribution in [0.2, 0.25) is 0 Å². The molecule has 2 N–H and O–H groups in total. The van der Waals surface area contributed by atoms with E-state index in [4.69, 9.17) is 9.84 Å². The zero-order valence-corrected chi connectivity index (χ0v) is 11.4. The summed E-state index contributed by atoms with van der Waals surface area (Å²) >= 11 is 0. The van der Waals surface area contributed by atoms with Gasteiger partial charge in [-0.15, -0.1) is 0 Å². The van der Waals surface area contributed by atoms with Gasteiger partial charge in [-0.05, 0) is 34.6 Å². The number of rotatable bonds is 3. The Hall–Kier alpha value is -1.47. The minimum atomic E-state index is -4.90. The molecule has 5 nitrogen and oxygen atoms in total. The van der Waals surface area contributed by atoms with Crippen LogP contribution >= 0.6 is 0 Å². The van der Waals surface area contributed by atoms with Gasteiger partial charge in [0.25, 0.3) is 0 Å². The van der Waals surface area contributed by atoms with Crippen LogP contribution < -0.4 is 5.32 Å². The maximum Gasteiger partial charge on any atom is 0.409 e. The molecule has 0 heterocycles. The van der Waals surface area contributed by atoms with Crippen molar-refractivity contribution in [2.75, 3.05) is 0 Å². The van der Waals surface area contributed by atoms with Gasteiger partial charge >= 0.3 is 18.2 Å². The molecule has 19 heavy (non-hydrogen) atoms. The van der Waals surface area contributed by atoms with Crippen LogP contribution in [0.3, 0.4) is 0 Å². The van der Waals surface area contributed by atoms with Gasteiger partial charge in [0.15, 0.2) is 0 Å². The lowest BCUT2D eigenvalue weighted by Crippen LogP contribution is -2.57. The van der Waals surface area contributed by atoms with Gasteiger partial charge in [-0.2, -0.15) is 13.2 Å². The summed E-state index contributed by atoms with van der Waals surface area (Å²) in [5, 5.41) is 10.4. The quantitative estimate of drug-likeness (QED) is 0.835. The minimum absolute atomic E-state index is 0.880. The number of alkyl halides is 3. The van der Waals surface area contributed by atoms with Gasteiger partial charge in [0.05, 0.1) is 5.41 Å². The van der Waals surface area contributed by atoms with Crippen molar-refractivity contribution in [2.45, 2.75) is 52.4 Å². The molecule has 8 heteroatoms. The molecule has 0 saturated carbocycles. The van der Waals surface area contributed by atoms with Gasteiger partial charge < -0.3 is 15.2 Å². The van der Waals surface area contributed by atoms with Crippen LogP contribution in [0.4, 0.5) is 18.0 Å². The van der Waals surface area contributed by atoms with Crippen molar-refractivity contribution in [3.63, 3.8) is 0 Å². The van der Waals surface area contributed by atoms with Crippen LogP contribution in [0.15, 0.2) is 0 Å². The highest BCUT2D eigenvalue weighted by atomic mass is 19.4. The molecule has 1 amide bonds. The van der Waals surface area contributed by atoms with Gasteiger partial charge in [0.1, 0.15) is 11.6 Å². The topological polar surface area (TPSA) is 75.6 Å². The Morgan fingerprint density at radius 2 is 1.53 bits per heavy atom. The van der Waals surface area contributed by atoms with Crippen LogP contribution in [0, 0.1) is 5.41 Å². The summed E-state index contributed by atoms with van der Waals surface area (Å²) in [6, 6.07) is -2.55. The maximum absolute atomic E-state index is 12.8. The Bertz CT molecular complexity index is 358. The molecule has 0 bridgehead atoms. The predicted octanol–water partition coefficient (Wildman–Crippen LogP) is 2.55. The molecule has 0 aromatic rings. The number of hydrogen-bond acceptors (Lipinski definition) is 3. The van der Waals surface area contributed by atoms with Gasteiger partial charge in [0.2, 0.25) is 0 Å². The van der Waals surface area contributed by atoms with Crippen molar-refractivity contribution < 1.29 is 32.6 Å². The molecule has 0 aromatic heterocycles. The Morgan fingerprint density at radius 1 is 1.11 bits per heavy atom. The lowest BCUT2D eigenvalue weighted by Gasteiger charge is -2.33. The highest BCUT2D eigenvalue weighted by Gasteiger charge is 2.54. The molecule has 0 radical (unpaired) electrons. The van der Waals surface area contributed by atoms with Crippen molar-refractivity contribution in [1.82, 2.24) is 5.32 Å². The molecule has 0 aliphatic rings. The van der Waals surface area contributed by atoms with Crippen molar-refractivity contribution in [3.05, 3.63) is 0 Å². The summed E-state index contributed by atoms with van der Waals surface area (Å²) in [6.45, 7) is 6.21. The second-order valence-corrected chi connectivity index (χ2v) is 5.65.